The lowest BCUT2D eigenvalue weighted by Crippen LogP contribution is -2.48. The molecule has 1 aliphatic rings. The van der Waals surface area contributed by atoms with Gasteiger partial charge in [-0.15, -0.1) is 5.10 Å². The third-order valence-corrected chi connectivity index (χ3v) is 6.51. The Morgan fingerprint density at radius 3 is 2.57 bits per heavy atom. The van der Waals surface area contributed by atoms with Crippen LogP contribution in [0.2, 0.25) is 0 Å². The zero-order valence-corrected chi connectivity index (χ0v) is 16.0. The Kier molecular flexibility index (Phi) is 4.86. The quantitative estimate of drug-likeness (QED) is 0.633. The van der Waals surface area contributed by atoms with Crippen LogP contribution in [0, 0.1) is 5.82 Å². The van der Waals surface area contributed by atoms with Crippen molar-refractivity contribution in [2.45, 2.75) is 17.7 Å². The molecule has 0 saturated carbocycles. The molecule has 0 radical (unpaired) electrons. The van der Waals surface area contributed by atoms with E-state index in [0.717, 1.165) is 0 Å². The minimum absolute atomic E-state index is 0.0387. The van der Waals surface area contributed by atoms with Crippen LogP contribution in [-0.4, -0.2) is 47.4 Å². The first-order chi connectivity index (χ1) is 13.5. The van der Waals surface area contributed by atoms with Gasteiger partial charge in [0.15, 0.2) is 0 Å². The Balaban J connectivity index is 1.48. The molecule has 28 heavy (non-hydrogen) atoms. The number of ether oxygens (including phenoxy) is 1. The molecule has 9 heteroatoms. The van der Waals surface area contributed by atoms with Crippen LogP contribution in [0.1, 0.15) is 18.5 Å². The first-order valence-corrected chi connectivity index (χ1v) is 10.3. The van der Waals surface area contributed by atoms with Crippen molar-refractivity contribution in [3.63, 3.8) is 0 Å². The molecule has 146 valence electrons. The van der Waals surface area contributed by atoms with E-state index < -0.39 is 10.0 Å². The highest BCUT2D eigenvalue weighted by atomic mass is 32.2. The van der Waals surface area contributed by atoms with E-state index in [9.17, 15) is 12.8 Å². The number of rotatable bonds is 6. The highest BCUT2D eigenvalue weighted by Crippen LogP contribution is 2.34. The summed E-state index contributed by atoms with van der Waals surface area (Å²) < 4.78 is 47.3. The highest BCUT2D eigenvalue weighted by Gasteiger charge is 2.40. The molecule has 0 bridgehead atoms. The smallest absolute Gasteiger partial charge is 0.246 e. The summed E-state index contributed by atoms with van der Waals surface area (Å²) in [6, 6.07) is 12.6. The van der Waals surface area contributed by atoms with Gasteiger partial charge in [-0.05, 0) is 43.3 Å². The number of nitrogens with zero attached hydrogens (tertiary/aromatic N) is 4. The third-order valence-electron chi connectivity index (χ3n) is 4.64. The van der Waals surface area contributed by atoms with Crippen LogP contribution in [0.25, 0.3) is 5.69 Å². The van der Waals surface area contributed by atoms with Crippen LogP contribution in [0.15, 0.2) is 59.6 Å². The van der Waals surface area contributed by atoms with E-state index in [1.807, 2.05) is 6.92 Å². The third kappa shape index (κ3) is 3.38. The van der Waals surface area contributed by atoms with E-state index in [4.69, 9.17) is 4.74 Å². The number of benzene rings is 2. The lowest BCUT2D eigenvalue weighted by molar-refractivity contribution is 0.258. The van der Waals surface area contributed by atoms with Gasteiger partial charge in [-0.3, -0.25) is 0 Å². The van der Waals surface area contributed by atoms with Crippen molar-refractivity contribution >= 4 is 10.0 Å². The first-order valence-electron chi connectivity index (χ1n) is 8.89. The fraction of sp³-hybridized carbons (Fsp3) is 0.263. The van der Waals surface area contributed by atoms with Gasteiger partial charge in [-0.2, -0.15) is 4.31 Å². The average Bonchev–Trinajstić information content (AvgIpc) is 3.11. The van der Waals surface area contributed by atoms with Crippen molar-refractivity contribution in [1.82, 2.24) is 19.3 Å². The van der Waals surface area contributed by atoms with Crippen LogP contribution in [0.5, 0.6) is 5.75 Å². The summed E-state index contributed by atoms with van der Waals surface area (Å²) in [5.74, 6) is -0.00445. The molecule has 0 amide bonds. The second kappa shape index (κ2) is 7.33. The molecule has 0 atom stereocenters. The molecule has 2 aromatic carbocycles. The minimum Gasteiger partial charge on any atom is -0.492 e. The fourth-order valence-electron chi connectivity index (χ4n) is 3.08. The Bertz CT molecular complexity index is 1080. The molecule has 2 heterocycles. The summed E-state index contributed by atoms with van der Waals surface area (Å²) in [6.45, 7) is 2.85. The van der Waals surface area contributed by atoms with Crippen LogP contribution < -0.4 is 4.74 Å². The number of para-hydroxylation sites is 1. The molecule has 0 spiro atoms. The number of halogens is 1. The van der Waals surface area contributed by atoms with Crippen molar-refractivity contribution in [3.05, 3.63) is 66.2 Å². The van der Waals surface area contributed by atoms with Crippen LogP contribution in [0.3, 0.4) is 0 Å². The molecule has 0 unspecified atom stereocenters. The number of aromatic nitrogens is 3. The van der Waals surface area contributed by atoms with Crippen molar-refractivity contribution in [2.24, 2.45) is 0 Å². The molecule has 1 saturated heterocycles. The number of sulfonamides is 1. The molecular formula is C19H19FN4O3S. The predicted octanol–water partition coefficient (Wildman–Crippen LogP) is 2.59. The van der Waals surface area contributed by atoms with E-state index in [1.54, 1.807) is 47.3 Å². The molecule has 1 aliphatic heterocycles. The minimum atomic E-state index is -3.63. The molecule has 0 aliphatic carbocycles. The maximum absolute atomic E-state index is 13.1. The SMILES string of the molecule is CCOc1ccccc1S(=O)(=O)N1CC(c2cn(-c3ccc(F)cc3)nn2)C1. The maximum atomic E-state index is 13.1. The predicted molar refractivity (Wildman–Crippen MR) is 100 cm³/mol. The van der Waals surface area contributed by atoms with Crippen LogP contribution >= 0.6 is 0 Å². The van der Waals surface area contributed by atoms with Crippen molar-refractivity contribution in [2.75, 3.05) is 19.7 Å². The second-order valence-corrected chi connectivity index (χ2v) is 8.37. The Morgan fingerprint density at radius 1 is 1.14 bits per heavy atom. The van der Waals surface area contributed by atoms with Gasteiger partial charge in [-0.25, -0.2) is 17.5 Å². The van der Waals surface area contributed by atoms with E-state index in [1.165, 1.54) is 16.4 Å². The molecular weight excluding hydrogens is 383 g/mol. The number of hydrogen-bond donors (Lipinski definition) is 0. The monoisotopic (exact) mass is 402 g/mol. The number of hydrogen-bond acceptors (Lipinski definition) is 5. The summed E-state index contributed by atoms with van der Waals surface area (Å²) in [7, 11) is -3.63. The first kappa shape index (κ1) is 18.6. The molecule has 7 nitrogen and oxygen atoms in total. The summed E-state index contributed by atoms with van der Waals surface area (Å²) in [4.78, 5) is 0.172. The van der Waals surface area contributed by atoms with E-state index in [2.05, 4.69) is 10.3 Å². The topological polar surface area (TPSA) is 77.3 Å². The lowest BCUT2D eigenvalue weighted by atomic mass is 10.0. The summed E-state index contributed by atoms with van der Waals surface area (Å²) in [5, 5.41) is 8.21. The maximum Gasteiger partial charge on any atom is 0.246 e. The van der Waals surface area contributed by atoms with Gasteiger partial charge in [0, 0.05) is 19.0 Å². The summed E-state index contributed by atoms with van der Waals surface area (Å²) >= 11 is 0. The van der Waals surface area contributed by atoms with Crippen molar-refractivity contribution < 1.29 is 17.5 Å². The van der Waals surface area contributed by atoms with E-state index >= 15 is 0 Å². The van der Waals surface area contributed by atoms with Crippen molar-refractivity contribution in [3.8, 4) is 11.4 Å². The van der Waals surface area contributed by atoms with Gasteiger partial charge in [0.25, 0.3) is 0 Å². The Labute approximate surface area is 162 Å². The summed E-state index contributed by atoms with van der Waals surface area (Å²) in [5.41, 5.74) is 1.39. The molecule has 4 rings (SSSR count). The zero-order valence-electron chi connectivity index (χ0n) is 15.2. The second-order valence-electron chi connectivity index (χ2n) is 6.46. The van der Waals surface area contributed by atoms with Gasteiger partial charge in [0.2, 0.25) is 10.0 Å². The Morgan fingerprint density at radius 2 is 1.86 bits per heavy atom. The average molecular weight is 402 g/mol. The van der Waals surface area contributed by atoms with Gasteiger partial charge in [-0.1, -0.05) is 17.3 Å². The Hall–Kier alpha value is -2.78. The van der Waals surface area contributed by atoms with Gasteiger partial charge in [0.05, 0.1) is 24.2 Å². The van der Waals surface area contributed by atoms with Gasteiger partial charge in [0.1, 0.15) is 16.5 Å². The van der Waals surface area contributed by atoms with Gasteiger partial charge < -0.3 is 4.74 Å². The van der Waals surface area contributed by atoms with Gasteiger partial charge >= 0.3 is 0 Å². The lowest BCUT2D eigenvalue weighted by Gasteiger charge is -2.37. The largest absolute Gasteiger partial charge is 0.492 e. The molecule has 3 aromatic rings. The normalized spacial score (nSPS) is 15.4. The fourth-order valence-corrected chi connectivity index (χ4v) is 4.74. The molecule has 1 fully saturated rings. The zero-order chi connectivity index (χ0) is 19.7. The van der Waals surface area contributed by atoms with E-state index in [0.29, 0.717) is 36.8 Å². The van der Waals surface area contributed by atoms with Crippen LogP contribution in [0.4, 0.5) is 4.39 Å². The van der Waals surface area contributed by atoms with Crippen molar-refractivity contribution in [1.29, 1.82) is 0 Å². The standard InChI is InChI=1S/C19H19FN4O3S/c1-2-27-18-5-3-4-6-19(18)28(25,26)23-11-14(12-23)17-13-24(22-21-17)16-9-7-15(20)8-10-16/h3-10,13-14H,2,11-12H2,1H3. The van der Waals surface area contributed by atoms with E-state index in [-0.39, 0.29) is 16.6 Å². The summed E-state index contributed by atoms with van der Waals surface area (Å²) in [6.07, 6.45) is 1.75. The molecule has 0 N–H and O–H groups in total. The molecule has 1 aromatic heterocycles. The highest BCUT2D eigenvalue weighted by molar-refractivity contribution is 7.89. The van der Waals surface area contributed by atoms with Crippen LogP contribution in [-0.2, 0) is 10.0 Å².